The van der Waals surface area contributed by atoms with Gasteiger partial charge in [-0.2, -0.15) is 0 Å². The van der Waals surface area contributed by atoms with E-state index in [9.17, 15) is 5.11 Å². The van der Waals surface area contributed by atoms with Crippen molar-refractivity contribution < 1.29 is 5.11 Å². The third kappa shape index (κ3) is 0.992. The highest BCUT2D eigenvalue weighted by Crippen LogP contribution is 2.52. The van der Waals surface area contributed by atoms with Crippen LogP contribution in [0.2, 0.25) is 0 Å². The largest absolute Gasteiger partial charge is 0.392 e. The third-order valence-electron chi connectivity index (χ3n) is 3.67. The number of aliphatic hydroxyl groups is 1. The monoisotopic (exact) mass is 186 g/mol. The van der Waals surface area contributed by atoms with Gasteiger partial charge in [0.2, 0.25) is 0 Å². The Morgan fingerprint density at radius 3 is 2.71 bits per heavy atom. The van der Waals surface area contributed by atoms with Crippen molar-refractivity contribution in [1.82, 2.24) is 0 Å². The average molecular weight is 186 g/mol. The molecular formula is C13H14O. The van der Waals surface area contributed by atoms with E-state index in [0.717, 1.165) is 6.42 Å². The minimum atomic E-state index is -0.127. The molecule has 1 N–H and O–H groups in total. The lowest BCUT2D eigenvalue weighted by Crippen LogP contribution is -2.46. The first-order valence-electron chi connectivity index (χ1n) is 5.27. The van der Waals surface area contributed by atoms with Crippen molar-refractivity contribution in [1.29, 1.82) is 0 Å². The normalized spacial score (nSPS) is 39.2. The van der Waals surface area contributed by atoms with E-state index in [4.69, 9.17) is 0 Å². The number of hydrogen-bond acceptors (Lipinski definition) is 1. The van der Waals surface area contributed by atoms with Gasteiger partial charge in [0, 0.05) is 5.92 Å². The van der Waals surface area contributed by atoms with E-state index >= 15 is 0 Å². The van der Waals surface area contributed by atoms with Crippen molar-refractivity contribution in [2.24, 2.45) is 11.8 Å². The maximum Gasteiger partial charge on any atom is 0.0651 e. The van der Waals surface area contributed by atoms with Crippen LogP contribution in [-0.2, 0) is 0 Å². The SMILES string of the molecule is OC1C2CC=CC2C1c1ccccc1. The van der Waals surface area contributed by atoms with E-state index in [0.29, 0.717) is 17.8 Å². The van der Waals surface area contributed by atoms with Crippen molar-refractivity contribution in [2.45, 2.75) is 18.4 Å². The Balaban J connectivity index is 1.90. The zero-order valence-corrected chi connectivity index (χ0v) is 8.01. The van der Waals surface area contributed by atoms with Crippen molar-refractivity contribution in [3.8, 4) is 0 Å². The summed E-state index contributed by atoms with van der Waals surface area (Å²) in [7, 11) is 0. The van der Waals surface area contributed by atoms with Crippen LogP contribution in [0.4, 0.5) is 0 Å². The van der Waals surface area contributed by atoms with Gasteiger partial charge in [-0.05, 0) is 23.8 Å². The molecule has 0 spiro atoms. The van der Waals surface area contributed by atoms with E-state index in [1.807, 2.05) is 18.2 Å². The highest BCUT2D eigenvalue weighted by Gasteiger charge is 2.49. The van der Waals surface area contributed by atoms with Crippen LogP contribution < -0.4 is 0 Å². The molecule has 4 atom stereocenters. The van der Waals surface area contributed by atoms with Gasteiger partial charge in [-0.3, -0.25) is 0 Å². The second-order valence-corrected chi connectivity index (χ2v) is 4.33. The molecule has 72 valence electrons. The number of rotatable bonds is 1. The first-order valence-corrected chi connectivity index (χ1v) is 5.27. The van der Waals surface area contributed by atoms with E-state index in [1.165, 1.54) is 5.56 Å². The van der Waals surface area contributed by atoms with Crippen LogP contribution in [-0.4, -0.2) is 11.2 Å². The molecule has 14 heavy (non-hydrogen) atoms. The second kappa shape index (κ2) is 2.96. The van der Waals surface area contributed by atoms with Gasteiger partial charge in [0.1, 0.15) is 0 Å². The summed E-state index contributed by atoms with van der Waals surface area (Å²) in [5.74, 6) is 1.44. The zero-order chi connectivity index (χ0) is 9.54. The van der Waals surface area contributed by atoms with Gasteiger partial charge in [0.05, 0.1) is 6.10 Å². The minimum absolute atomic E-state index is 0.127. The second-order valence-electron chi connectivity index (χ2n) is 4.33. The van der Waals surface area contributed by atoms with Gasteiger partial charge in [-0.15, -0.1) is 0 Å². The van der Waals surface area contributed by atoms with E-state index in [-0.39, 0.29) is 6.10 Å². The van der Waals surface area contributed by atoms with Crippen LogP contribution in [0.25, 0.3) is 0 Å². The molecule has 1 nitrogen and oxygen atoms in total. The van der Waals surface area contributed by atoms with E-state index in [2.05, 4.69) is 24.3 Å². The van der Waals surface area contributed by atoms with E-state index in [1.54, 1.807) is 0 Å². The lowest BCUT2D eigenvalue weighted by Gasteiger charge is -2.46. The van der Waals surface area contributed by atoms with Crippen molar-refractivity contribution in [2.75, 3.05) is 0 Å². The van der Waals surface area contributed by atoms with Crippen LogP contribution in [0.1, 0.15) is 17.9 Å². The Morgan fingerprint density at radius 2 is 1.93 bits per heavy atom. The van der Waals surface area contributed by atoms with E-state index < -0.39 is 0 Å². The van der Waals surface area contributed by atoms with Gasteiger partial charge in [0.15, 0.2) is 0 Å². The fourth-order valence-corrected chi connectivity index (χ4v) is 2.89. The Labute approximate surface area is 84.1 Å². The fraction of sp³-hybridized carbons (Fsp3) is 0.385. The molecule has 1 aromatic rings. The molecule has 1 fully saturated rings. The molecule has 4 unspecified atom stereocenters. The molecule has 2 aliphatic carbocycles. The average Bonchev–Trinajstić information content (AvgIpc) is 2.63. The molecule has 1 saturated carbocycles. The molecule has 0 aromatic heterocycles. The zero-order valence-electron chi connectivity index (χ0n) is 8.01. The Morgan fingerprint density at radius 1 is 1.14 bits per heavy atom. The van der Waals surface area contributed by atoms with Crippen LogP contribution in [0.5, 0.6) is 0 Å². The summed E-state index contributed by atoms with van der Waals surface area (Å²) >= 11 is 0. The lowest BCUT2D eigenvalue weighted by atomic mass is 9.61. The molecule has 0 aliphatic heterocycles. The molecule has 1 aromatic carbocycles. The van der Waals surface area contributed by atoms with Crippen molar-refractivity contribution in [3.05, 3.63) is 48.0 Å². The summed E-state index contributed by atoms with van der Waals surface area (Å²) in [6.45, 7) is 0. The van der Waals surface area contributed by atoms with Gasteiger partial charge >= 0.3 is 0 Å². The highest BCUT2D eigenvalue weighted by atomic mass is 16.3. The Bertz CT molecular complexity index is 355. The summed E-state index contributed by atoms with van der Waals surface area (Å²) in [5, 5.41) is 9.99. The highest BCUT2D eigenvalue weighted by molar-refractivity contribution is 5.31. The Kier molecular flexibility index (Phi) is 1.74. The van der Waals surface area contributed by atoms with Crippen LogP contribution in [0.15, 0.2) is 42.5 Å². The van der Waals surface area contributed by atoms with Gasteiger partial charge in [-0.25, -0.2) is 0 Å². The molecular weight excluding hydrogens is 172 g/mol. The van der Waals surface area contributed by atoms with Gasteiger partial charge in [-0.1, -0.05) is 42.5 Å². The quantitative estimate of drug-likeness (QED) is 0.667. The number of hydrogen-bond donors (Lipinski definition) is 1. The Hall–Kier alpha value is -1.08. The molecule has 0 heterocycles. The van der Waals surface area contributed by atoms with Crippen molar-refractivity contribution >= 4 is 0 Å². The summed E-state index contributed by atoms with van der Waals surface area (Å²) in [5.41, 5.74) is 1.28. The van der Waals surface area contributed by atoms with Crippen LogP contribution in [0, 0.1) is 11.8 Å². The number of benzene rings is 1. The summed E-state index contributed by atoms with van der Waals surface area (Å²) in [6.07, 6.45) is 5.42. The minimum Gasteiger partial charge on any atom is -0.392 e. The summed E-state index contributed by atoms with van der Waals surface area (Å²) < 4.78 is 0. The molecule has 0 amide bonds. The van der Waals surface area contributed by atoms with Crippen LogP contribution >= 0.6 is 0 Å². The topological polar surface area (TPSA) is 20.2 Å². The molecule has 0 radical (unpaired) electrons. The first kappa shape index (κ1) is 8.25. The molecule has 1 heteroatoms. The maximum atomic E-state index is 9.99. The summed E-state index contributed by atoms with van der Waals surface area (Å²) in [4.78, 5) is 0. The van der Waals surface area contributed by atoms with Gasteiger partial charge in [0.25, 0.3) is 0 Å². The lowest BCUT2D eigenvalue weighted by molar-refractivity contribution is -0.0317. The third-order valence-corrected chi connectivity index (χ3v) is 3.67. The van der Waals surface area contributed by atoms with Crippen LogP contribution in [0.3, 0.4) is 0 Å². The molecule has 0 bridgehead atoms. The predicted octanol–water partition coefficient (Wildman–Crippen LogP) is 2.34. The predicted molar refractivity (Wildman–Crippen MR) is 55.9 cm³/mol. The van der Waals surface area contributed by atoms with Crippen molar-refractivity contribution in [3.63, 3.8) is 0 Å². The number of fused-ring (bicyclic) bond motifs is 1. The molecule has 2 aliphatic rings. The van der Waals surface area contributed by atoms with Gasteiger partial charge < -0.3 is 5.11 Å². The fourth-order valence-electron chi connectivity index (χ4n) is 2.89. The first-order chi connectivity index (χ1) is 6.88. The number of allylic oxidation sites excluding steroid dienone is 2. The molecule has 0 saturated heterocycles. The smallest absolute Gasteiger partial charge is 0.0651 e. The standard InChI is InChI=1S/C13H14O/c14-13-11-8-4-7-10(11)12(13)9-5-2-1-3-6-9/h1-7,10-14H,8H2. The molecule has 3 rings (SSSR count). The summed E-state index contributed by atoms with van der Waals surface area (Å²) in [6, 6.07) is 10.4. The number of aliphatic hydroxyl groups excluding tert-OH is 1. The maximum absolute atomic E-state index is 9.99.